The largest absolute Gasteiger partial charge is 0.493 e. The number of para-hydroxylation sites is 1. The summed E-state index contributed by atoms with van der Waals surface area (Å²) in [6, 6.07) is 14.4. The Labute approximate surface area is 332 Å². The summed E-state index contributed by atoms with van der Waals surface area (Å²) in [7, 11) is 2.45. The molecule has 18 heteroatoms. The van der Waals surface area contributed by atoms with Crippen LogP contribution in [0.5, 0.6) is 11.5 Å². The topological polar surface area (TPSA) is 168 Å². The van der Waals surface area contributed by atoms with Gasteiger partial charge in [-0.3, -0.25) is 9.59 Å². The highest BCUT2D eigenvalue weighted by Gasteiger charge is 2.44. The van der Waals surface area contributed by atoms with Crippen LogP contribution in [0.4, 0.5) is 29.3 Å². The molecule has 1 saturated heterocycles. The van der Waals surface area contributed by atoms with Crippen molar-refractivity contribution in [3.63, 3.8) is 0 Å². The third kappa shape index (κ3) is 6.62. The van der Waals surface area contributed by atoms with Gasteiger partial charge in [0.1, 0.15) is 11.4 Å². The van der Waals surface area contributed by atoms with Crippen molar-refractivity contribution >= 4 is 79.6 Å². The highest BCUT2D eigenvalue weighted by Crippen LogP contribution is 2.50. The fourth-order valence-electron chi connectivity index (χ4n) is 7.68. The lowest BCUT2D eigenvalue weighted by Crippen LogP contribution is -2.49. The van der Waals surface area contributed by atoms with E-state index in [1.54, 1.807) is 48.5 Å². The van der Waals surface area contributed by atoms with Crippen LogP contribution in [0.3, 0.4) is 0 Å². The number of hydrogen-bond acceptors (Lipinski definition) is 9. The number of nitrogens with one attached hydrogen (secondary N) is 3. The number of alkyl halides is 4. The van der Waals surface area contributed by atoms with Gasteiger partial charge in [-0.15, -0.1) is 11.6 Å². The second-order valence-corrected chi connectivity index (χ2v) is 14.1. The molecular weight excluding hydrogens is 787 g/mol. The van der Waals surface area contributed by atoms with E-state index in [0.29, 0.717) is 39.7 Å². The normalized spacial score (nSPS) is 16.9. The average Bonchev–Trinajstić information content (AvgIpc) is 4.02. The van der Waals surface area contributed by atoms with Gasteiger partial charge in [0.2, 0.25) is 0 Å². The number of anilines is 2. The van der Waals surface area contributed by atoms with E-state index in [2.05, 4.69) is 15.3 Å². The monoisotopic (exact) mass is 821 g/mol. The van der Waals surface area contributed by atoms with Crippen LogP contribution in [-0.2, 0) is 15.7 Å². The second-order valence-electron chi connectivity index (χ2n) is 13.8. The number of aromatic nitrogens is 2. The number of fused-ring (bicyclic) bond motifs is 5. The molecule has 0 saturated carbocycles. The summed E-state index contributed by atoms with van der Waals surface area (Å²) in [5.74, 6) is -3.10. The van der Waals surface area contributed by atoms with Gasteiger partial charge in [0.15, 0.2) is 22.8 Å². The van der Waals surface area contributed by atoms with Gasteiger partial charge in [-0.2, -0.15) is 13.2 Å². The first-order valence-corrected chi connectivity index (χ1v) is 18.7. The van der Waals surface area contributed by atoms with Crippen molar-refractivity contribution in [1.29, 1.82) is 0 Å². The lowest BCUT2D eigenvalue weighted by Gasteiger charge is -2.34. The number of ether oxygens (including phenoxy) is 4. The van der Waals surface area contributed by atoms with Crippen LogP contribution >= 0.6 is 11.6 Å². The van der Waals surface area contributed by atoms with Crippen molar-refractivity contribution in [3.05, 3.63) is 82.9 Å². The minimum absolute atomic E-state index is 0.0560. The minimum atomic E-state index is -5.05. The highest BCUT2D eigenvalue weighted by atomic mass is 35.5. The third-order valence-corrected chi connectivity index (χ3v) is 10.8. The van der Waals surface area contributed by atoms with E-state index >= 15 is 0 Å². The number of morpholine rings is 1. The lowest BCUT2D eigenvalue weighted by atomic mass is 9.95. The van der Waals surface area contributed by atoms with Crippen molar-refractivity contribution in [2.75, 3.05) is 56.6 Å². The molecule has 0 radical (unpaired) electrons. The van der Waals surface area contributed by atoms with Crippen LogP contribution in [0.15, 0.2) is 59.0 Å². The van der Waals surface area contributed by atoms with Crippen molar-refractivity contribution in [2.24, 2.45) is 0 Å². The number of hydrogen-bond donors (Lipinski definition) is 3. The molecule has 3 amide bonds. The second kappa shape index (κ2) is 14.9. The molecule has 8 rings (SSSR count). The molecule has 0 aliphatic carbocycles. The number of methoxy groups -OCH3 is 2. The Balaban J connectivity index is 1.17. The van der Waals surface area contributed by atoms with Gasteiger partial charge in [-0.25, -0.2) is 9.59 Å². The molecule has 0 bridgehead atoms. The Morgan fingerprint density at radius 2 is 1.83 bits per heavy atom. The molecule has 3 aromatic carbocycles. The molecule has 2 aliphatic rings. The number of esters is 1. The number of halogens is 4. The molecule has 2 aliphatic heterocycles. The standard InChI is InChI=1S/C40H35ClF3N5O9/c1-4-23-18-56-11-10-48(23)39(53)58-28-15-26-30(31-32(38(52)55-3)35(40(42,43)44)47-33(28)31)21(16-41)17-49(26)37(51)25-13-20-12-22(8-9-24(20)46-25)45-36(50)29-14-19-6-5-7-27(54-2)34(19)57-29/h5-9,12-15,21,23,46-47H,4,10-11,16-18H2,1-3H3,(H,45,50)/t21-,23-/m1/s1. The zero-order chi connectivity index (χ0) is 41.0. The molecule has 302 valence electrons. The zero-order valence-corrected chi connectivity index (χ0v) is 31.9. The SMILES string of the molecule is CC[C@@H]1COCCN1C(=O)Oc1cc2c(c3c(C(=O)OC)c(C(F)(F)F)[nH]c13)[C@H](CCl)CN2C(=O)c1cc2cc(NC(=O)c3cc4cccc(OC)c4o3)ccc2[nH]1. The van der Waals surface area contributed by atoms with Crippen molar-refractivity contribution in [1.82, 2.24) is 14.9 Å². The minimum Gasteiger partial charge on any atom is -0.493 e. The Morgan fingerprint density at radius 1 is 1.02 bits per heavy atom. The predicted octanol–water partition coefficient (Wildman–Crippen LogP) is 8.05. The smallest absolute Gasteiger partial charge is 0.432 e. The van der Waals surface area contributed by atoms with Crippen molar-refractivity contribution in [3.8, 4) is 11.5 Å². The highest BCUT2D eigenvalue weighted by molar-refractivity contribution is 6.20. The molecule has 58 heavy (non-hydrogen) atoms. The quantitative estimate of drug-likeness (QED) is 0.102. The molecule has 3 aromatic heterocycles. The fourth-order valence-corrected chi connectivity index (χ4v) is 7.93. The van der Waals surface area contributed by atoms with Crippen molar-refractivity contribution < 1.29 is 55.7 Å². The van der Waals surface area contributed by atoms with Gasteiger partial charge < -0.3 is 48.4 Å². The summed E-state index contributed by atoms with van der Waals surface area (Å²) in [5.41, 5.74) is -0.798. The Bertz CT molecular complexity index is 2630. The van der Waals surface area contributed by atoms with Crippen LogP contribution in [0.25, 0.3) is 32.8 Å². The van der Waals surface area contributed by atoms with Gasteiger partial charge in [-0.05, 0) is 48.4 Å². The maximum absolute atomic E-state index is 14.6. The fraction of sp³-hybridized carbons (Fsp3) is 0.300. The summed E-state index contributed by atoms with van der Waals surface area (Å²) >= 11 is 6.43. The van der Waals surface area contributed by atoms with E-state index in [-0.39, 0.29) is 77.6 Å². The molecule has 14 nitrogen and oxygen atoms in total. The van der Waals surface area contributed by atoms with E-state index in [9.17, 15) is 32.3 Å². The van der Waals surface area contributed by atoms with Crippen LogP contribution < -0.4 is 19.7 Å². The summed E-state index contributed by atoms with van der Waals surface area (Å²) in [6.45, 7) is 2.42. The number of rotatable bonds is 8. The van der Waals surface area contributed by atoms with Crippen LogP contribution in [0.2, 0.25) is 0 Å². The Hall–Kier alpha value is -6.20. The number of H-pyrrole nitrogens is 2. The maximum Gasteiger partial charge on any atom is 0.432 e. The molecule has 5 heterocycles. The van der Waals surface area contributed by atoms with Gasteiger partial charge >= 0.3 is 18.2 Å². The maximum atomic E-state index is 14.6. The van der Waals surface area contributed by atoms with Crippen LogP contribution in [0, 0.1) is 0 Å². The number of carbonyl (C=O) groups is 4. The van der Waals surface area contributed by atoms with E-state index in [4.69, 9.17) is 35.0 Å². The summed E-state index contributed by atoms with van der Waals surface area (Å²) in [6.07, 6.45) is -5.37. The number of benzene rings is 3. The number of carbonyl (C=O) groups excluding carboxylic acids is 4. The lowest BCUT2D eigenvalue weighted by molar-refractivity contribution is -0.141. The Kier molecular flexibility index (Phi) is 9.97. The van der Waals surface area contributed by atoms with Gasteiger partial charge in [0.05, 0.1) is 50.2 Å². The summed E-state index contributed by atoms with van der Waals surface area (Å²) < 4.78 is 71.0. The third-order valence-electron chi connectivity index (χ3n) is 10.5. The van der Waals surface area contributed by atoms with Crippen LogP contribution in [-0.4, -0.2) is 91.2 Å². The Morgan fingerprint density at radius 3 is 2.55 bits per heavy atom. The summed E-state index contributed by atoms with van der Waals surface area (Å²) in [4.78, 5) is 62.5. The molecule has 2 atom stereocenters. The molecule has 0 unspecified atom stereocenters. The van der Waals surface area contributed by atoms with Crippen LogP contribution in [0.1, 0.15) is 61.9 Å². The first-order valence-electron chi connectivity index (χ1n) is 18.2. The van der Waals surface area contributed by atoms with Gasteiger partial charge in [0.25, 0.3) is 11.8 Å². The van der Waals surface area contributed by atoms with E-state index in [0.717, 1.165) is 7.11 Å². The average molecular weight is 822 g/mol. The number of furan rings is 1. The van der Waals surface area contributed by atoms with Gasteiger partial charge in [-0.1, -0.05) is 19.1 Å². The molecule has 0 spiro atoms. The first-order chi connectivity index (χ1) is 27.8. The van der Waals surface area contributed by atoms with Gasteiger partial charge in [0, 0.05) is 58.3 Å². The number of aromatic amines is 2. The van der Waals surface area contributed by atoms with E-state index in [1.807, 2.05) is 6.92 Å². The first kappa shape index (κ1) is 38.7. The zero-order valence-electron chi connectivity index (χ0n) is 31.2. The number of amides is 3. The van der Waals surface area contributed by atoms with E-state index in [1.165, 1.54) is 23.0 Å². The van der Waals surface area contributed by atoms with E-state index < -0.39 is 47.2 Å². The molecule has 1 fully saturated rings. The predicted molar refractivity (Wildman–Crippen MR) is 206 cm³/mol. The number of nitrogens with zero attached hydrogens (tertiary/aromatic N) is 2. The molecule has 3 N–H and O–H groups in total. The summed E-state index contributed by atoms with van der Waals surface area (Å²) in [5, 5.41) is 3.80. The molecule has 6 aromatic rings. The molecular formula is C40H35ClF3N5O9. The van der Waals surface area contributed by atoms with Crippen molar-refractivity contribution in [2.45, 2.75) is 31.5 Å².